The van der Waals surface area contributed by atoms with E-state index in [1.165, 1.54) is 12.1 Å². The summed E-state index contributed by atoms with van der Waals surface area (Å²) in [4.78, 5) is 38.0. The molecule has 10 nitrogen and oxygen atoms in total. The van der Waals surface area contributed by atoms with Crippen molar-refractivity contribution in [3.8, 4) is 5.75 Å². The summed E-state index contributed by atoms with van der Waals surface area (Å²) in [6.45, 7) is 2.39. The summed E-state index contributed by atoms with van der Waals surface area (Å²) < 4.78 is 44.4. The third kappa shape index (κ3) is 8.94. The molecule has 13 heteroatoms. The number of carbonyl (C=O) groups excluding carboxylic acids is 3. The van der Waals surface area contributed by atoms with Crippen LogP contribution in [-0.4, -0.2) is 55.5 Å². The SMILES string of the molecule is CCOc1ccc(NC(=O)[C@H](Cc2ccc(C(F)(F)F)cc2)NC(=O)[C@](N)(CCN)C(CCN)NC=O)cc1. The molecule has 3 amide bonds. The Balaban J connectivity index is 2.36. The maximum atomic E-state index is 13.5. The lowest BCUT2D eigenvalue weighted by Gasteiger charge is -2.36. The van der Waals surface area contributed by atoms with Gasteiger partial charge in [-0.3, -0.25) is 14.4 Å². The number of carbonyl (C=O) groups is 3. The van der Waals surface area contributed by atoms with Gasteiger partial charge in [0.1, 0.15) is 17.3 Å². The van der Waals surface area contributed by atoms with E-state index < -0.39 is 41.2 Å². The van der Waals surface area contributed by atoms with Crippen molar-refractivity contribution < 1.29 is 32.3 Å². The Morgan fingerprint density at radius 1 is 1.03 bits per heavy atom. The first-order valence-electron chi connectivity index (χ1n) is 12.4. The van der Waals surface area contributed by atoms with Crippen LogP contribution in [0.2, 0.25) is 0 Å². The van der Waals surface area contributed by atoms with Gasteiger partial charge in [-0.25, -0.2) is 0 Å². The molecule has 3 atom stereocenters. The summed E-state index contributed by atoms with van der Waals surface area (Å²) in [7, 11) is 0. The zero-order valence-corrected chi connectivity index (χ0v) is 21.6. The predicted octanol–water partition coefficient (Wildman–Crippen LogP) is 1.28. The third-order valence-corrected chi connectivity index (χ3v) is 6.10. The van der Waals surface area contributed by atoms with Crippen LogP contribution in [-0.2, 0) is 27.0 Å². The number of ether oxygens (including phenoxy) is 1. The molecule has 0 aliphatic carbocycles. The number of alkyl halides is 3. The molecule has 0 saturated heterocycles. The van der Waals surface area contributed by atoms with E-state index in [1.807, 2.05) is 6.92 Å². The molecule has 0 saturated carbocycles. The second-order valence-corrected chi connectivity index (χ2v) is 8.86. The van der Waals surface area contributed by atoms with Gasteiger partial charge in [0.2, 0.25) is 18.2 Å². The Morgan fingerprint density at radius 2 is 1.67 bits per heavy atom. The first-order chi connectivity index (χ1) is 18.5. The fraction of sp³-hybridized carbons (Fsp3) is 0.423. The van der Waals surface area contributed by atoms with E-state index >= 15 is 0 Å². The van der Waals surface area contributed by atoms with Crippen LogP contribution in [0.15, 0.2) is 48.5 Å². The smallest absolute Gasteiger partial charge is 0.416 e. The summed E-state index contributed by atoms with van der Waals surface area (Å²) >= 11 is 0. The molecule has 0 heterocycles. The van der Waals surface area contributed by atoms with E-state index in [-0.39, 0.29) is 32.4 Å². The lowest BCUT2D eigenvalue weighted by atomic mass is 9.84. The van der Waals surface area contributed by atoms with E-state index in [9.17, 15) is 27.6 Å². The maximum Gasteiger partial charge on any atom is 0.416 e. The minimum absolute atomic E-state index is 0.00647. The Hall–Kier alpha value is -3.68. The summed E-state index contributed by atoms with van der Waals surface area (Å²) in [5.74, 6) is -0.825. The summed E-state index contributed by atoms with van der Waals surface area (Å²) in [5.41, 5.74) is 16.0. The molecule has 0 spiro atoms. The van der Waals surface area contributed by atoms with Gasteiger partial charge in [-0.05, 0) is 74.8 Å². The highest BCUT2D eigenvalue weighted by atomic mass is 19.4. The minimum atomic E-state index is -4.53. The van der Waals surface area contributed by atoms with Crippen LogP contribution in [0.25, 0.3) is 0 Å². The number of rotatable bonds is 15. The average molecular weight is 553 g/mol. The highest BCUT2D eigenvalue weighted by molar-refractivity contribution is 5.99. The Labute approximate surface area is 224 Å². The summed E-state index contributed by atoms with van der Waals surface area (Å²) in [6, 6.07) is 8.63. The van der Waals surface area contributed by atoms with Crippen LogP contribution < -0.4 is 37.9 Å². The van der Waals surface area contributed by atoms with E-state index in [0.29, 0.717) is 30.0 Å². The minimum Gasteiger partial charge on any atom is -0.494 e. The molecule has 0 aromatic heterocycles. The van der Waals surface area contributed by atoms with Crippen LogP contribution in [0.3, 0.4) is 0 Å². The van der Waals surface area contributed by atoms with Gasteiger partial charge in [-0.1, -0.05) is 12.1 Å². The van der Waals surface area contributed by atoms with Crippen molar-refractivity contribution in [3.63, 3.8) is 0 Å². The first kappa shape index (κ1) is 31.5. The third-order valence-electron chi connectivity index (χ3n) is 6.10. The molecular formula is C26H35F3N6O4. The molecule has 1 unspecified atom stereocenters. The number of nitrogens with one attached hydrogen (secondary N) is 3. The lowest BCUT2D eigenvalue weighted by Crippen LogP contribution is -2.68. The Bertz CT molecular complexity index is 1080. The molecule has 39 heavy (non-hydrogen) atoms. The molecule has 9 N–H and O–H groups in total. The van der Waals surface area contributed by atoms with Gasteiger partial charge in [-0.15, -0.1) is 0 Å². The van der Waals surface area contributed by atoms with Gasteiger partial charge in [0.25, 0.3) is 0 Å². The van der Waals surface area contributed by atoms with Crippen LogP contribution in [0.5, 0.6) is 5.75 Å². The van der Waals surface area contributed by atoms with Crippen molar-refractivity contribution in [3.05, 3.63) is 59.7 Å². The van der Waals surface area contributed by atoms with Crippen LogP contribution in [0.1, 0.15) is 30.9 Å². The van der Waals surface area contributed by atoms with Gasteiger partial charge in [0.05, 0.1) is 18.2 Å². The molecule has 2 aromatic carbocycles. The second-order valence-electron chi connectivity index (χ2n) is 8.86. The van der Waals surface area contributed by atoms with Crippen molar-refractivity contribution in [1.29, 1.82) is 0 Å². The zero-order chi connectivity index (χ0) is 29.1. The molecule has 0 bridgehead atoms. The highest BCUT2D eigenvalue weighted by Crippen LogP contribution is 2.29. The molecule has 2 rings (SSSR count). The zero-order valence-electron chi connectivity index (χ0n) is 21.6. The molecular weight excluding hydrogens is 517 g/mol. The molecule has 2 aromatic rings. The van der Waals surface area contributed by atoms with Crippen molar-refractivity contribution in [1.82, 2.24) is 10.6 Å². The van der Waals surface area contributed by atoms with Crippen molar-refractivity contribution in [2.75, 3.05) is 25.0 Å². The van der Waals surface area contributed by atoms with E-state index in [4.69, 9.17) is 21.9 Å². The monoisotopic (exact) mass is 552 g/mol. The quantitative estimate of drug-likeness (QED) is 0.180. The number of nitrogens with two attached hydrogens (primary N) is 3. The van der Waals surface area contributed by atoms with E-state index in [2.05, 4.69) is 16.0 Å². The molecule has 0 fully saturated rings. The number of hydrogen-bond acceptors (Lipinski definition) is 7. The highest BCUT2D eigenvalue weighted by Gasteiger charge is 2.42. The topological polar surface area (TPSA) is 175 Å². The van der Waals surface area contributed by atoms with E-state index in [0.717, 1.165) is 12.1 Å². The van der Waals surface area contributed by atoms with Crippen molar-refractivity contribution >= 4 is 23.9 Å². The normalized spacial score (nSPS) is 14.4. The number of benzene rings is 2. The fourth-order valence-electron chi connectivity index (χ4n) is 4.02. The average Bonchev–Trinajstić information content (AvgIpc) is 2.89. The number of halogens is 3. The second kappa shape index (κ2) is 14.5. The van der Waals surface area contributed by atoms with E-state index in [1.54, 1.807) is 24.3 Å². The summed E-state index contributed by atoms with van der Waals surface area (Å²) in [6.07, 6.45) is -4.16. The lowest BCUT2D eigenvalue weighted by molar-refractivity contribution is -0.137. The van der Waals surface area contributed by atoms with Crippen LogP contribution in [0, 0.1) is 0 Å². The van der Waals surface area contributed by atoms with Crippen molar-refractivity contribution in [2.24, 2.45) is 17.2 Å². The largest absolute Gasteiger partial charge is 0.494 e. The Morgan fingerprint density at radius 3 is 2.18 bits per heavy atom. The molecule has 0 aliphatic rings. The molecule has 0 aliphatic heterocycles. The van der Waals surface area contributed by atoms with Gasteiger partial charge in [0, 0.05) is 12.1 Å². The van der Waals surface area contributed by atoms with Crippen LogP contribution in [0.4, 0.5) is 18.9 Å². The predicted molar refractivity (Wildman–Crippen MR) is 141 cm³/mol. The molecule has 214 valence electrons. The first-order valence-corrected chi connectivity index (χ1v) is 12.4. The van der Waals surface area contributed by atoms with Crippen molar-refractivity contribution in [2.45, 2.75) is 50.0 Å². The fourth-order valence-corrected chi connectivity index (χ4v) is 4.02. The molecule has 0 radical (unpaired) electrons. The maximum absolute atomic E-state index is 13.5. The number of amides is 3. The number of anilines is 1. The standard InChI is InChI=1S/C26H35F3N6O4/c1-2-39-20-9-7-19(8-10-20)34-23(37)21(15-17-3-5-18(6-4-17)26(27,28)29)35-24(38)25(32,12-14-31)22(11-13-30)33-16-36/h3-10,16,21-22H,2,11-15,30-32H2,1H3,(H,33,36)(H,34,37)(H,35,38)/t21-,22?,25-/m0/s1. The van der Waals surface area contributed by atoms with Gasteiger partial charge >= 0.3 is 6.18 Å². The van der Waals surface area contributed by atoms with Gasteiger partial charge < -0.3 is 37.9 Å². The van der Waals surface area contributed by atoms with Gasteiger partial charge in [0.15, 0.2) is 0 Å². The number of hydrogen-bond donors (Lipinski definition) is 6. The van der Waals surface area contributed by atoms with Crippen LogP contribution >= 0.6 is 0 Å². The Kier molecular flexibility index (Phi) is 11.7. The summed E-state index contributed by atoms with van der Waals surface area (Å²) in [5, 5.41) is 7.80. The van der Waals surface area contributed by atoms with Gasteiger partial charge in [-0.2, -0.15) is 13.2 Å².